The molecule has 1 aliphatic rings. The van der Waals surface area contributed by atoms with Gasteiger partial charge in [0.05, 0.1) is 0 Å². The van der Waals surface area contributed by atoms with E-state index in [4.69, 9.17) is 0 Å². The normalized spacial score (nSPS) is 14.2. The van der Waals surface area contributed by atoms with Crippen LogP contribution in [0.25, 0.3) is 10.9 Å². The maximum atomic E-state index is 3.36. The highest BCUT2D eigenvalue weighted by Gasteiger charge is 2.18. The minimum absolute atomic E-state index is 1.05. The Kier molecular flexibility index (Phi) is 1.30. The van der Waals surface area contributed by atoms with Crippen LogP contribution in [0, 0.1) is 0 Å². The summed E-state index contributed by atoms with van der Waals surface area (Å²) in [5.74, 6) is 1.23. The standard InChI is InChI=1S/C11H10N2/c1-2-4-10-9(3-1)5-6-11-12-7-8-13(10)11/h1-6H,7-8H2/p+1. The van der Waals surface area contributed by atoms with Gasteiger partial charge >= 0.3 is 0 Å². The molecule has 0 saturated carbocycles. The molecule has 1 aliphatic heterocycles. The number of para-hydroxylation sites is 1. The lowest BCUT2D eigenvalue weighted by Crippen LogP contribution is -2.31. The Morgan fingerprint density at radius 1 is 1.08 bits per heavy atom. The number of benzene rings is 1. The van der Waals surface area contributed by atoms with Crippen molar-refractivity contribution in [3.63, 3.8) is 0 Å². The van der Waals surface area contributed by atoms with Gasteiger partial charge in [-0.1, -0.05) is 18.2 Å². The van der Waals surface area contributed by atoms with Crippen LogP contribution in [0.5, 0.6) is 0 Å². The fourth-order valence-electron chi connectivity index (χ4n) is 1.95. The van der Waals surface area contributed by atoms with Crippen LogP contribution >= 0.6 is 0 Å². The first-order valence-corrected chi connectivity index (χ1v) is 4.61. The minimum Gasteiger partial charge on any atom is -0.270 e. The van der Waals surface area contributed by atoms with Gasteiger partial charge in [0, 0.05) is 11.5 Å². The van der Waals surface area contributed by atoms with Crippen LogP contribution in [0.15, 0.2) is 36.4 Å². The van der Waals surface area contributed by atoms with E-state index in [1.165, 1.54) is 16.7 Å². The smallest absolute Gasteiger partial charge is 0.270 e. The Balaban J connectivity index is 2.43. The molecule has 64 valence electrons. The number of anilines is 1. The molecule has 1 N–H and O–H groups in total. The second-order valence-electron chi connectivity index (χ2n) is 3.36. The number of rotatable bonds is 0. The summed E-state index contributed by atoms with van der Waals surface area (Å²) in [6.07, 6.45) is 0. The summed E-state index contributed by atoms with van der Waals surface area (Å²) in [5.41, 5.74) is 1.32. The third kappa shape index (κ3) is 0.917. The fraction of sp³-hybridized carbons (Fsp3) is 0.182. The largest absolute Gasteiger partial charge is 0.275 e. The highest BCUT2D eigenvalue weighted by molar-refractivity contribution is 5.76. The molecular weight excluding hydrogens is 160 g/mol. The van der Waals surface area contributed by atoms with Crippen molar-refractivity contribution in [2.75, 3.05) is 11.9 Å². The van der Waals surface area contributed by atoms with Gasteiger partial charge in [-0.25, -0.2) is 4.57 Å². The van der Waals surface area contributed by atoms with Crippen LogP contribution in [-0.2, 0) is 6.54 Å². The van der Waals surface area contributed by atoms with Gasteiger partial charge in [-0.2, -0.15) is 0 Å². The highest BCUT2D eigenvalue weighted by Crippen LogP contribution is 2.14. The molecule has 0 amide bonds. The third-order valence-corrected chi connectivity index (χ3v) is 2.58. The third-order valence-electron chi connectivity index (χ3n) is 2.58. The summed E-state index contributed by atoms with van der Waals surface area (Å²) in [6.45, 7) is 2.13. The van der Waals surface area contributed by atoms with E-state index >= 15 is 0 Å². The monoisotopic (exact) mass is 171 g/mol. The first-order chi connectivity index (χ1) is 6.45. The fourth-order valence-corrected chi connectivity index (χ4v) is 1.95. The molecule has 2 nitrogen and oxygen atoms in total. The zero-order valence-electron chi connectivity index (χ0n) is 7.33. The lowest BCUT2D eigenvalue weighted by atomic mass is 10.2. The van der Waals surface area contributed by atoms with Crippen molar-refractivity contribution < 1.29 is 4.57 Å². The molecule has 3 rings (SSSR count). The molecular formula is C11H11N2+. The van der Waals surface area contributed by atoms with Crippen molar-refractivity contribution in [1.82, 2.24) is 0 Å². The molecule has 0 unspecified atom stereocenters. The van der Waals surface area contributed by atoms with Crippen molar-refractivity contribution in [3.05, 3.63) is 36.4 Å². The van der Waals surface area contributed by atoms with E-state index in [0.717, 1.165) is 13.1 Å². The van der Waals surface area contributed by atoms with Gasteiger partial charge in [0.1, 0.15) is 18.6 Å². The molecule has 0 saturated heterocycles. The average Bonchev–Trinajstić information content (AvgIpc) is 2.65. The topological polar surface area (TPSA) is 15.9 Å². The van der Waals surface area contributed by atoms with Crippen LogP contribution in [0.4, 0.5) is 5.82 Å². The van der Waals surface area contributed by atoms with Crippen LogP contribution in [0.1, 0.15) is 0 Å². The molecule has 13 heavy (non-hydrogen) atoms. The summed E-state index contributed by atoms with van der Waals surface area (Å²) >= 11 is 0. The predicted octanol–water partition coefficient (Wildman–Crippen LogP) is 1.55. The SMILES string of the molecule is c1ccc2c(c1)ccc1[n+]2CCN1. The van der Waals surface area contributed by atoms with Gasteiger partial charge in [0.15, 0.2) is 0 Å². The summed E-state index contributed by atoms with van der Waals surface area (Å²) in [7, 11) is 0. The minimum atomic E-state index is 1.05. The lowest BCUT2D eigenvalue weighted by Gasteiger charge is -1.99. The zero-order chi connectivity index (χ0) is 8.67. The molecule has 1 aromatic carbocycles. The second-order valence-corrected chi connectivity index (χ2v) is 3.36. The Morgan fingerprint density at radius 3 is 3.00 bits per heavy atom. The number of aromatic nitrogens is 1. The Labute approximate surface area is 76.8 Å². The van der Waals surface area contributed by atoms with Crippen molar-refractivity contribution in [1.29, 1.82) is 0 Å². The highest BCUT2D eigenvalue weighted by atomic mass is 15.2. The molecule has 0 aliphatic carbocycles. The van der Waals surface area contributed by atoms with E-state index in [-0.39, 0.29) is 0 Å². The molecule has 2 heteroatoms. The lowest BCUT2D eigenvalue weighted by molar-refractivity contribution is -0.644. The van der Waals surface area contributed by atoms with Crippen LogP contribution in [0.2, 0.25) is 0 Å². The van der Waals surface area contributed by atoms with Crippen molar-refractivity contribution in [2.45, 2.75) is 6.54 Å². The molecule has 0 fully saturated rings. The van der Waals surface area contributed by atoms with E-state index in [2.05, 4.69) is 46.3 Å². The van der Waals surface area contributed by atoms with Crippen molar-refractivity contribution in [2.24, 2.45) is 0 Å². The summed E-state index contributed by atoms with van der Waals surface area (Å²) in [5, 5.41) is 4.67. The molecule has 2 aromatic rings. The molecule has 0 spiro atoms. The average molecular weight is 171 g/mol. The number of nitrogens with zero attached hydrogens (tertiary/aromatic N) is 1. The van der Waals surface area contributed by atoms with E-state index in [0.29, 0.717) is 0 Å². The summed E-state index contributed by atoms with van der Waals surface area (Å²) in [4.78, 5) is 0. The van der Waals surface area contributed by atoms with E-state index in [1.807, 2.05) is 0 Å². The molecule has 0 radical (unpaired) electrons. The molecule has 0 bridgehead atoms. The predicted molar refractivity (Wildman–Crippen MR) is 52.6 cm³/mol. The number of hydrogen-bond donors (Lipinski definition) is 1. The first kappa shape index (κ1) is 6.89. The van der Waals surface area contributed by atoms with Crippen LogP contribution in [-0.4, -0.2) is 6.54 Å². The van der Waals surface area contributed by atoms with E-state index in [9.17, 15) is 0 Å². The maximum absolute atomic E-state index is 3.36. The van der Waals surface area contributed by atoms with Crippen LogP contribution < -0.4 is 9.88 Å². The zero-order valence-corrected chi connectivity index (χ0v) is 7.33. The number of pyridine rings is 1. The molecule has 2 heterocycles. The number of hydrogen-bond acceptors (Lipinski definition) is 1. The Morgan fingerprint density at radius 2 is 2.00 bits per heavy atom. The molecule has 0 atom stereocenters. The van der Waals surface area contributed by atoms with E-state index < -0.39 is 0 Å². The van der Waals surface area contributed by atoms with Gasteiger partial charge in [-0.05, 0) is 12.1 Å². The van der Waals surface area contributed by atoms with Gasteiger partial charge in [0.25, 0.3) is 5.82 Å². The summed E-state index contributed by atoms with van der Waals surface area (Å²) in [6, 6.07) is 12.8. The van der Waals surface area contributed by atoms with Gasteiger partial charge in [0.2, 0.25) is 0 Å². The maximum Gasteiger partial charge on any atom is 0.275 e. The van der Waals surface area contributed by atoms with Crippen LogP contribution in [0.3, 0.4) is 0 Å². The second kappa shape index (κ2) is 2.46. The van der Waals surface area contributed by atoms with Gasteiger partial charge in [-0.15, -0.1) is 0 Å². The van der Waals surface area contributed by atoms with Gasteiger partial charge in [-0.3, -0.25) is 5.32 Å². The van der Waals surface area contributed by atoms with E-state index in [1.54, 1.807) is 0 Å². The Bertz CT molecular complexity index is 463. The summed E-state index contributed by atoms with van der Waals surface area (Å²) < 4.78 is 2.33. The van der Waals surface area contributed by atoms with Crippen molar-refractivity contribution in [3.8, 4) is 0 Å². The first-order valence-electron chi connectivity index (χ1n) is 4.61. The Hall–Kier alpha value is -1.57. The molecule has 1 aromatic heterocycles. The quantitative estimate of drug-likeness (QED) is 0.595. The number of nitrogens with one attached hydrogen (secondary N) is 1. The number of fused-ring (bicyclic) bond motifs is 3. The van der Waals surface area contributed by atoms with Crippen molar-refractivity contribution >= 4 is 16.7 Å². The van der Waals surface area contributed by atoms with Gasteiger partial charge < -0.3 is 0 Å².